The molecule has 5 N–H and O–H groups in total. The van der Waals surface area contributed by atoms with Crippen LogP contribution < -0.4 is 5.73 Å². The number of carboxylic acids is 1. The van der Waals surface area contributed by atoms with Crippen LogP contribution in [-0.4, -0.2) is 40.4 Å². The number of nitrogens with two attached hydrogens (primary N) is 1. The minimum Gasteiger partial charge on any atom is -0.504 e. The van der Waals surface area contributed by atoms with Gasteiger partial charge in [-0.05, 0) is 24.1 Å². The third kappa shape index (κ3) is 6.89. The van der Waals surface area contributed by atoms with Crippen molar-refractivity contribution in [1.29, 1.82) is 0 Å². The summed E-state index contributed by atoms with van der Waals surface area (Å²) >= 11 is 0. The lowest BCUT2D eigenvalue weighted by Crippen LogP contribution is -2.33. The van der Waals surface area contributed by atoms with Gasteiger partial charge in [0, 0.05) is 6.92 Å². The normalized spacial score (nSPS) is 10.9. The Labute approximate surface area is 110 Å². The number of hydrogen-bond acceptors (Lipinski definition) is 6. The van der Waals surface area contributed by atoms with Gasteiger partial charge in [-0.2, -0.15) is 0 Å². The molecule has 7 nitrogen and oxygen atoms in total. The highest BCUT2D eigenvalue weighted by atomic mass is 16.5. The maximum atomic E-state index is 11.0. The number of ether oxygens (including phenoxy) is 1. The Hall–Kier alpha value is -2.28. The number of aliphatic carboxylic acids is 1. The number of esters is 1. The van der Waals surface area contributed by atoms with E-state index in [9.17, 15) is 9.90 Å². The molecule has 0 aliphatic heterocycles. The summed E-state index contributed by atoms with van der Waals surface area (Å²) in [6.45, 7) is 1.08. The number of phenols is 2. The standard InChI is InChI=1S/C10H13NO4.C2H4O2/c1-15-10(14)7(11)4-6-2-3-8(12)9(13)5-6;1-2(3)4/h2-3,5,7,12-13H,4,11H2,1H3;1H3,(H,3,4). The van der Waals surface area contributed by atoms with Gasteiger partial charge in [-0.15, -0.1) is 0 Å². The van der Waals surface area contributed by atoms with Crippen molar-refractivity contribution in [3.63, 3.8) is 0 Å². The molecule has 0 aromatic heterocycles. The monoisotopic (exact) mass is 271 g/mol. The third-order valence-electron chi connectivity index (χ3n) is 2.00. The van der Waals surface area contributed by atoms with Crippen molar-refractivity contribution in [3.8, 4) is 11.5 Å². The van der Waals surface area contributed by atoms with E-state index in [1.54, 1.807) is 6.07 Å². The van der Waals surface area contributed by atoms with Crippen molar-refractivity contribution in [2.24, 2.45) is 5.73 Å². The first-order valence-corrected chi connectivity index (χ1v) is 5.31. The molecule has 0 aliphatic rings. The van der Waals surface area contributed by atoms with E-state index in [-0.39, 0.29) is 17.9 Å². The lowest BCUT2D eigenvalue weighted by atomic mass is 10.1. The summed E-state index contributed by atoms with van der Waals surface area (Å²) < 4.78 is 4.46. The zero-order valence-electron chi connectivity index (χ0n) is 10.7. The Morgan fingerprint density at radius 1 is 1.32 bits per heavy atom. The van der Waals surface area contributed by atoms with Crippen LogP contribution in [0.4, 0.5) is 0 Å². The highest BCUT2D eigenvalue weighted by Crippen LogP contribution is 2.25. The lowest BCUT2D eigenvalue weighted by Gasteiger charge is -2.09. The van der Waals surface area contributed by atoms with Gasteiger partial charge in [0.05, 0.1) is 7.11 Å². The summed E-state index contributed by atoms with van der Waals surface area (Å²) in [7, 11) is 1.26. The Morgan fingerprint density at radius 2 is 1.84 bits per heavy atom. The smallest absolute Gasteiger partial charge is 0.322 e. The van der Waals surface area contributed by atoms with E-state index in [0.29, 0.717) is 5.56 Å². The predicted octanol–water partition coefficient (Wildman–Crippen LogP) is 0.232. The summed E-state index contributed by atoms with van der Waals surface area (Å²) in [6, 6.07) is 3.52. The van der Waals surface area contributed by atoms with E-state index in [4.69, 9.17) is 20.7 Å². The summed E-state index contributed by atoms with van der Waals surface area (Å²) in [5.74, 6) is -1.78. The average molecular weight is 271 g/mol. The van der Waals surface area contributed by atoms with Gasteiger partial charge >= 0.3 is 5.97 Å². The molecule has 19 heavy (non-hydrogen) atoms. The molecular weight excluding hydrogens is 254 g/mol. The molecule has 0 bridgehead atoms. The number of hydrogen-bond donors (Lipinski definition) is 4. The summed E-state index contributed by atoms with van der Waals surface area (Å²) in [6.07, 6.45) is 0.251. The van der Waals surface area contributed by atoms with Crippen molar-refractivity contribution in [2.45, 2.75) is 19.4 Å². The fourth-order valence-corrected chi connectivity index (χ4v) is 1.18. The van der Waals surface area contributed by atoms with Crippen molar-refractivity contribution >= 4 is 11.9 Å². The van der Waals surface area contributed by atoms with Crippen LogP contribution in [0.3, 0.4) is 0 Å². The quantitative estimate of drug-likeness (QED) is 0.457. The van der Waals surface area contributed by atoms with E-state index in [1.165, 1.54) is 19.2 Å². The fraction of sp³-hybridized carbons (Fsp3) is 0.333. The topological polar surface area (TPSA) is 130 Å². The van der Waals surface area contributed by atoms with Gasteiger partial charge in [0.1, 0.15) is 6.04 Å². The van der Waals surface area contributed by atoms with Gasteiger partial charge < -0.3 is 25.8 Å². The van der Waals surface area contributed by atoms with Crippen molar-refractivity contribution in [2.75, 3.05) is 7.11 Å². The molecule has 0 saturated heterocycles. The maximum absolute atomic E-state index is 11.0. The van der Waals surface area contributed by atoms with Crippen molar-refractivity contribution < 1.29 is 29.6 Å². The maximum Gasteiger partial charge on any atom is 0.322 e. The number of carbonyl (C=O) groups excluding carboxylic acids is 1. The number of carbonyl (C=O) groups is 2. The highest BCUT2D eigenvalue weighted by Gasteiger charge is 2.14. The molecule has 1 aromatic carbocycles. The van der Waals surface area contributed by atoms with Crippen LogP contribution in [0.15, 0.2) is 18.2 Å². The van der Waals surface area contributed by atoms with E-state index in [0.717, 1.165) is 6.92 Å². The molecule has 0 aliphatic carbocycles. The number of benzene rings is 1. The van der Waals surface area contributed by atoms with Crippen LogP contribution in [0.25, 0.3) is 0 Å². The molecule has 1 aromatic rings. The summed E-state index contributed by atoms with van der Waals surface area (Å²) in [5, 5.41) is 25.7. The first kappa shape index (κ1) is 16.7. The van der Waals surface area contributed by atoms with Gasteiger partial charge in [-0.3, -0.25) is 9.59 Å². The fourth-order valence-electron chi connectivity index (χ4n) is 1.18. The van der Waals surface area contributed by atoms with Crippen LogP contribution in [0, 0.1) is 0 Å². The zero-order valence-corrected chi connectivity index (χ0v) is 10.7. The molecule has 106 valence electrons. The molecule has 0 heterocycles. The minimum absolute atomic E-state index is 0.203. The molecule has 0 spiro atoms. The second-order valence-electron chi connectivity index (χ2n) is 3.68. The van der Waals surface area contributed by atoms with Crippen LogP contribution in [0.2, 0.25) is 0 Å². The average Bonchev–Trinajstić information content (AvgIpc) is 2.32. The Bertz CT molecular complexity index is 442. The molecule has 1 unspecified atom stereocenters. The van der Waals surface area contributed by atoms with Crippen LogP contribution in [0.5, 0.6) is 11.5 Å². The lowest BCUT2D eigenvalue weighted by molar-refractivity contribution is -0.142. The third-order valence-corrected chi connectivity index (χ3v) is 2.00. The van der Waals surface area contributed by atoms with Gasteiger partial charge in [0.25, 0.3) is 5.97 Å². The van der Waals surface area contributed by atoms with Crippen LogP contribution in [-0.2, 0) is 20.7 Å². The summed E-state index contributed by atoms with van der Waals surface area (Å²) in [5.41, 5.74) is 6.18. The SMILES string of the molecule is CC(=O)O.COC(=O)C(N)Cc1ccc(O)c(O)c1. The predicted molar refractivity (Wildman–Crippen MR) is 66.8 cm³/mol. The van der Waals surface area contributed by atoms with Crippen molar-refractivity contribution in [3.05, 3.63) is 23.8 Å². The molecular formula is C12H17NO6. The summed E-state index contributed by atoms with van der Waals surface area (Å²) in [4.78, 5) is 20.0. The number of phenolic OH excluding ortho intramolecular Hbond substituents is 2. The second kappa shape index (κ2) is 7.93. The molecule has 0 amide bonds. The Balaban J connectivity index is 0.000000711. The van der Waals surface area contributed by atoms with Crippen LogP contribution >= 0.6 is 0 Å². The Morgan fingerprint density at radius 3 is 2.26 bits per heavy atom. The van der Waals surface area contributed by atoms with Crippen LogP contribution in [0.1, 0.15) is 12.5 Å². The Kier molecular flexibility index (Phi) is 6.98. The second-order valence-corrected chi connectivity index (χ2v) is 3.68. The first-order valence-electron chi connectivity index (χ1n) is 5.31. The van der Waals surface area contributed by atoms with Gasteiger partial charge in [-0.1, -0.05) is 6.07 Å². The number of methoxy groups -OCH3 is 1. The highest BCUT2D eigenvalue weighted by molar-refractivity contribution is 5.75. The number of aromatic hydroxyl groups is 2. The minimum atomic E-state index is -0.833. The molecule has 0 saturated carbocycles. The molecule has 1 atom stereocenters. The first-order chi connectivity index (χ1) is 8.77. The van der Waals surface area contributed by atoms with Gasteiger partial charge in [-0.25, -0.2) is 0 Å². The number of carboxylic acid groups (broad SMARTS) is 1. The number of rotatable bonds is 3. The van der Waals surface area contributed by atoms with E-state index >= 15 is 0 Å². The molecule has 1 rings (SSSR count). The van der Waals surface area contributed by atoms with Gasteiger partial charge in [0.15, 0.2) is 11.5 Å². The molecule has 7 heteroatoms. The molecule has 0 radical (unpaired) electrons. The van der Waals surface area contributed by atoms with Gasteiger partial charge in [0.2, 0.25) is 0 Å². The van der Waals surface area contributed by atoms with E-state index < -0.39 is 18.0 Å². The van der Waals surface area contributed by atoms with Crippen molar-refractivity contribution in [1.82, 2.24) is 0 Å². The van der Waals surface area contributed by atoms with E-state index in [1.807, 2.05) is 0 Å². The molecule has 0 fully saturated rings. The largest absolute Gasteiger partial charge is 0.504 e. The zero-order chi connectivity index (χ0) is 15.0. The van der Waals surface area contributed by atoms with E-state index in [2.05, 4.69) is 4.74 Å².